The summed E-state index contributed by atoms with van der Waals surface area (Å²) >= 11 is 13.1. The van der Waals surface area contributed by atoms with E-state index >= 15 is 0 Å². The van der Waals surface area contributed by atoms with E-state index in [2.05, 4.69) is 0 Å². The number of amides is 1. The van der Waals surface area contributed by atoms with Gasteiger partial charge in [0.05, 0.1) is 15.9 Å². The van der Waals surface area contributed by atoms with Crippen LogP contribution in [0.2, 0.25) is 10.0 Å². The second-order valence-corrected chi connectivity index (χ2v) is 5.98. The topological polar surface area (TPSA) is 57.6 Å². The lowest BCUT2D eigenvalue weighted by Crippen LogP contribution is -2.40. The summed E-state index contributed by atoms with van der Waals surface area (Å²) in [4.78, 5) is 24.3. The molecule has 4 nitrogen and oxygen atoms in total. The summed E-state index contributed by atoms with van der Waals surface area (Å²) in [5.74, 6) is -0.497. The minimum Gasteiger partial charge on any atom is -0.480 e. The number of hydrogen-bond acceptors (Lipinski definition) is 3. The number of carbonyl (C=O) groups excluding carboxylic acids is 1. The van der Waals surface area contributed by atoms with Crippen LogP contribution in [0.4, 0.5) is 0 Å². The third-order valence-electron chi connectivity index (χ3n) is 2.81. The fourth-order valence-corrected chi connectivity index (χ4v) is 3.21. The molecule has 0 radical (unpaired) electrons. The van der Waals surface area contributed by atoms with E-state index in [4.69, 9.17) is 28.3 Å². The van der Waals surface area contributed by atoms with Crippen LogP contribution < -0.4 is 0 Å². The molecule has 7 heteroatoms. The van der Waals surface area contributed by atoms with Crippen molar-refractivity contribution in [2.75, 3.05) is 11.6 Å². The molecular weight excluding hydrogens is 321 g/mol. The first-order valence-electron chi connectivity index (χ1n) is 5.73. The summed E-state index contributed by atoms with van der Waals surface area (Å²) in [5, 5.41) is 9.87. The Morgan fingerprint density at radius 3 is 2.75 bits per heavy atom. The van der Waals surface area contributed by atoms with E-state index in [1.54, 1.807) is 24.3 Å². The number of thioether (sulfide) groups is 1. The van der Waals surface area contributed by atoms with E-state index in [0.717, 1.165) is 5.56 Å². The van der Waals surface area contributed by atoms with Gasteiger partial charge in [-0.15, -0.1) is 11.8 Å². The molecule has 0 bridgehead atoms. The monoisotopic (exact) mass is 331 g/mol. The quantitative estimate of drug-likeness (QED) is 0.865. The van der Waals surface area contributed by atoms with Crippen molar-refractivity contribution in [2.24, 2.45) is 0 Å². The van der Waals surface area contributed by atoms with Crippen LogP contribution in [-0.4, -0.2) is 39.6 Å². The van der Waals surface area contributed by atoms with E-state index in [1.165, 1.54) is 22.7 Å². The number of halogens is 2. The van der Waals surface area contributed by atoms with Crippen molar-refractivity contribution in [1.29, 1.82) is 0 Å². The second-order valence-electron chi connectivity index (χ2n) is 4.17. The summed E-state index contributed by atoms with van der Waals surface area (Å²) in [6.07, 6.45) is 2.94. The summed E-state index contributed by atoms with van der Waals surface area (Å²) in [6, 6.07) is 4.25. The molecule has 1 saturated heterocycles. The van der Waals surface area contributed by atoms with Crippen molar-refractivity contribution >= 4 is 52.9 Å². The smallest absolute Gasteiger partial charge is 0.327 e. The Bertz CT molecular complexity index is 577. The molecule has 0 aromatic heterocycles. The van der Waals surface area contributed by atoms with Crippen LogP contribution in [0, 0.1) is 0 Å². The third kappa shape index (κ3) is 3.48. The molecule has 0 aliphatic carbocycles. The molecule has 1 heterocycles. The molecule has 1 aliphatic heterocycles. The number of benzene rings is 1. The number of nitrogens with zero attached hydrogens (tertiary/aromatic N) is 1. The first-order valence-corrected chi connectivity index (χ1v) is 7.64. The largest absolute Gasteiger partial charge is 0.480 e. The summed E-state index contributed by atoms with van der Waals surface area (Å²) in [6.45, 7) is 0. The first-order chi connectivity index (χ1) is 9.49. The minimum atomic E-state index is -0.980. The van der Waals surface area contributed by atoms with Crippen LogP contribution in [0.3, 0.4) is 0 Å². The Balaban J connectivity index is 2.08. The molecule has 1 fully saturated rings. The summed E-state index contributed by atoms with van der Waals surface area (Å²) in [7, 11) is 0. The molecule has 20 heavy (non-hydrogen) atoms. The Morgan fingerprint density at radius 2 is 2.10 bits per heavy atom. The molecule has 1 aromatic rings. The predicted molar refractivity (Wildman–Crippen MR) is 81.1 cm³/mol. The second kappa shape index (κ2) is 6.52. The Kier molecular flexibility index (Phi) is 4.96. The van der Waals surface area contributed by atoms with Crippen molar-refractivity contribution in [3.63, 3.8) is 0 Å². The molecule has 0 spiro atoms. The highest BCUT2D eigenvalue weighted by Crippen LogP contribution is 2.24. The van der Waals surface area contributed by atoms with Gasteiger partial charge in [0.15, 0.2) is 0 Å². The van der Waals surface area contributed by atoms with Crippen molar-refractivity contribution in [3.05, 3.63) is 39.9 Å². The number of aliphatic carboxylic acids is 1. The zero-order valence-corrected chi connectivity index (χ0v) is 12.6. The molecule has 0 unspecified atom stereocenters. The zero-order chi connectivity index (χ0) is 14.7. The molecule has 1 aliphatic rings. The molecule has 106 valence electrons. The van der Waals surface area contributed by atoms with Gasteiger partial charge in [-0.05, 0) is 23.8 Å². The van der Waals surface area contributed by atoms with Crippen LogP contribution in [0.1, 0.15) is 5.56 Å². The lowest BCUT2D eigenvalue weighted by Gasteiger charge is -2.18. The average molecular weight is 332 g/mol. The van der Waals surface area contributed by atoms with Crippen molar-refractivity contribution < 1.29 is 14.7 Å². The van der Waals surface area contributed by atoms with E-state index in [-0.39, 0.29) is 5.91 Å². The van der Waals surface area contributed by atoms with Gasteiger partial charge in [0.1, 0.15) is 6.04 Å². The van der Waals surface area contributed by atoms with E-state index in [1.807, 2.05) is 0 Å². The number of carbonyl (C=O) groups is 2. The highest BCUT2D eigenvalue weighted by molar-refractivity contribution is 7.99. The van der Waals surface area contributed by atoms with Crippen LogP contribution in [0.25, 0.3) is 6.08 Å². The zero-order valence-electron chi connectivity index (χ0n) is 10.3. The lowest BCUT2D eigenvalue weighted by atomic mass is 10.2. The van der Waals surface area contributed by atoms with Gasteiger partial charge in [0.2, 0.25) is 5.91 Å². The van der Waals surface area contributed by atoms with Gasteiger partial charge >= 0.3 is 5.97 Å². The maximum atomic E-state index is 12.0. The third-order valence-corrected chi connectivity index (χ3v) is 4.56. The van der Waals surface area contributed by atoms with Crippen molar-refractivity contribution in [2.45, 2.75) is 6.04 Å². The molecular formula is C13H11Cl2NO3S. The lowest BCUT2D eigenvalue weighted by molar-refractivity contribution is -0.146. The maximum absolute atomic E-state index is 12.0. The van der Waals surface area contributed by atoms with Gasteiger partial charge in [-0.25, -0.2) is 4.79 Å². The maximum Gasteiger partial charge on any atom is 0.327 e. The highest BCUT2D eigenvalue weighted by atomic mass is 35.5. The molecule has 1 N–H and O–H groups in total. The molecule has 0 saturated carbocycles. The number of carboxylic acids is 1. The van der Waals surface area contributed by atoms with E-state index in [0.29, 0.717) is 21.7 Å². The SMILES string of the molecule is O=C(O)[C@@H]1CSCN1C(=O)/C=C/c1ccc(Cl)c(Cl)c1. The standard InChI is InChI=1S/C13H11Cl2NO3S/c14-9-3-1-8(5-10(9)15)2-4-12(17)16-7-20-6-11(16)13(18)19/h1-5,11H,6-7H2,(H,18,19)/b4-2+/t11-/m0/s1. The van der Waals surface area contributed by atoms with Gasteiger partial charge in [-0.1, -0.05) is 29.3 Å². The fraction of sp³-hybridized carbons (Fsp3) is 0.231. The molecule has 1 aromatic carbocycles. The van der Waals surface area contributed by atoms with Crippen LogP contribution in [-0.2, 0) is 9.59 Å². The summed E-state index contributed by atoms with van der Waals surface area (Å²) < 4.78 is 0. The molecule has 2 rings (SSSR count). The number of carboxylic acid groups (broad SMARTS) is 1. The molecule has 1 atom stereocenters. The van der Waals surface area contributed by atoms with E-state index < -0.39 is 12.0 Å². The minimum absolute atomic E-state index is 0.325. The Labute approximate surface area is 130 Å². The van der Waals surface area contributed by atoms with Crippen LogP contribution in [0.5, 0.6) is 0 Å². The van der Waals surface area contributed by atoms with Crippen LogP contribution >= 0.6 is 35.0 Å². The van der Waals surface area contributed by atoms with Gasteiger partial charge in [0.25, 0.3) is 0 Å². The van der Waals surface area contributed by atoms with Crippen LogP contribution in [0.15, 0.2) is 24.3 Å². The average Bonchev–Trinajstić information content (AvgIpc) is 2.89. The van der Waals surface area contributed by atoms with E-state index in [9.17, 15) is 9.59 Å². The molecule has 1 amide bonds. The Hall–Kier alpha value is -1.17. The first kappa shape index (κ1) is 15.2. The highest BCUT2D eigenvalue weighted by Gasteiger charge is 2.33. The fourth-order valence-electron chi connectivity index (χ4n) is 1.74. The normalized spacial score (nSPS) is 18.7. The van der Waals surface area contributed by atoms with Gasteiger partial charge in [0, 0.05) is 11.8 Å². The number of rotatable bonds is 3. The number of hydrogen-bond donors (Lipinski definition) is 1. The summed E-state index contributed by atoms with van der Waals surface area (Å²) in [5.41, 5.74) is 0.728. The predicted octanol–water partition coefficient (Wildman–Crippen LogP) is 2.99. The van der Waals surface area contributed by atoms with Gasteiger partial charge in [-0.3, -0.25) is 4.79 Å². The Morgan fingerprint density at radius 1 is 1.35 bits per heavy atom. The van der Waals surface area contributed by atoms with Gasteiger partial charge in [-0.2, -0.15) is 0 Å². The van der Waals surface area contributed by atoms with Gasteiger partial charge < -0.3 is 10.0 Å². The van der Waals surface area contributed by atoms with Crippen molar-refractivity contribution in [1.82, 2.24) is 4.90 Å². The van der Waals surface area contributed by atoms with Crippen molar-refractivity contribution in [3.8, 4) is 0 Å².